The molecule has 1 heterocycles. The van der Waals surface area contributed by atoms with Crippen molar-refractivity contribution in [2.24, 2.45) is 5.92 Å². The van der Waals surface area contributed by atoms with Crippen molar-refractivity contribution >= 4 is 5.69 Å². The summed E-state index contributed by atoms with van der Waals surface area (Å²) < 4.78 is 0. The molecule has 0 aliphatic carbocycles. The van der Waals surface area contributed by atoms with E-state index in [0.717, 1.165) is 44.1 Å². The summed E-state index contributed by atoms with van der Waals surface area (Å²) in [5.41, 5.74) is 1.30. The highest BCUT2D eigenvalue weighted by Crippen LogP contribution is 2.12. The van der Waals surface area contributed by atoms with E-state index in [9.17, 15) is 10.1 Å². The number of nitro benzene ring substituents is 1. The Morgan fingerprint density at radius 3 is 2.79 bits per heavy atom. The van der Waals surface area contributed by atoms with Gasteiger partial charge in [0.1, 0.15) is 0 Å². The van der Waals surface area contributed by atoms with Crippen LogP contribution >= 0.6 is 0 Å². The van der Waals surface area contributed by atoms with Gasteiger partial charge in [-0.3, -0.25) is 10.1 Å². The van der Waals surface area contributed by atoms with Gasteiger partial charge < -0.3 is 10.6 Å². The van der Waals surface area contributed by atoms with Crippen LogP contribution < -0.4 is 10.6 Å². The number of nitrogens with zero attached hydrogens (tertiary/aromatic N) is 1. The Balaban J connectivity index is 1.66. The third kappa shape index (κ3) is 4.61. The summed E-state index contributed by atoms with van der Waals surface area (Å²) >= 11 is 0. The van der Waals surface area contributed by atoms with Crippen molar-refractivity contribution < 1.29 is 4.92 Å². The second-order valence-electron chi connectivity index (χ2n) is 5.09. The molecule has 1 fully saturated rings. The van der Waals surface area contributed by atoms with Gasteiger partial charge in [0.15, 0.2) is 0 Å². The molecular weight excluding hydrogens is 242 g/mol. The van der Waals surface area contributed by atoms with Crippen LogP contribution in [0.15, 0.2) is 24.3 Å². The summed E-state index contributed by atoms with van der Waals surface area (Å²) in [5.74, 6) is 0.741. The molecule has 0 bridgehead atoms. The highest BCUT2D eigenvalue weighted by atomic mass is 16.6. The van der Waals surface area contributed by atoms with Crippen LogP contribution in [-0.2, 0) is 6.42 Å². The maximum atomic E-state index is 10.5. The normalized spacial score (nSPS) is 19.3. The van der Waals surface area contributed by atoms with Gasteiger partial charge in [0.25, 0.3) is 5.69 Å². The molecule has 1 aliphatic heterocycles. The number of hydrogen-bond acceptors (Lipinski definition) is 4. The summed E-state index contributed by atoms with van der Waals surface area (Å²) in [6, 6.07) is 6.81. The first-order chi connectivity index (χ1) is 9.25. The van der Waals surface area contributed by atoms with Gasteiger partial charge in [0.2, 0.25) is 0 Å². The van der Waals surface area contributed by atoms with Crippen LogP contribution in [0.2, 0.25) is 0 Å². The monoisotopic (exact) mass is 263 g/mol. The lowest BCUT2D eigenvalue weighted by molar-refractivity contribution is -0.384. The van der Waals surface area contributed by atoms with E-state index in [1.165, 1.54) is 12.8 Å². The summed E-state index contributed by atoms with van der Waals surface area (Å²) in [6.07, 6.45) is 3.49. The third-order valence-corrected chi connectivity index (χ3v) is 3.57. The third-order valence-electron chi connectivity index (χ3n) is 3.57. The first kappa shape index (κ1) is 14.0. The Kier molecular flexibility index (Phi) is 5.30. The first-order valence-corrected chi connectivity index (χ1v) is 6.90. The predicted octanol–water partition coefficient (Wildman–Crippen LogP) is 1.73. The lowest BCUT2D eigenvalue weighted by Gasteiger charge is -2.22. The standard InChI is InChI=1S/C14H21N3O2/c18-17(19)14-5-3-12(4-6-14)7-9-16-11-13-2-1-8-15-10-13/h3-6,13,15-16H,1-2,7-11H2. The highest BCUT2D eigenvalue weighted by molar-refractivity contribution is 5.32. The summed E-state index contributed by atoms with van der Waals surface area (Å²) in [6.45, 7) is 4.25. The van der Waals surface area contributed by atoms with E-state index >= 15 is 0 Å². The van der Waals surface area contributed by atoms with Gasteiger partial charge in [-0.25, -0.2) is 0 Å². The fourth-order valence-electron chi connectivity index (χ4n) is 2.42. The van der Waals surface area contributed by atoms with Crippen LogP contribution in [-0.4, -0.2) is 31.1 Å². The van der Waals surface area contributed by atoms with Crippen LogP contribution in [0.4, 0.5) is 5.69 Å². The van der Waals surface area contributed by atoms with E-state index < -0.39 is 0 Å². The second-order valence-corrected chi connectivity index (χ2v) is 5.09. The minimum absolute atomic E-state index is 0.157. The Morgan fingerprint density at radius 2 is 2.16 bits per heavy atom. The molecular formula is C14H21N3O2. The molecule has 1 atom stereocenters. The molecule has 2 rings (SSSR count). The number of benzene rings is 1. The largest absolute Gasteiger partial charge is 0.316 e. The molecule has 19 heavy (non-hydrogen) atoms. The fourth-order valence-corrected chi connectivity index (χ4v) is 2.42. The number of piperidine rings is 1. The van der Waals surface area contributed by atoms with Crippen LogP contribution in [0.3, 0.4) is 0 Å². The Morgan fingerprint density at radius 1 is 1.37 bits per heavy atom. The van der Waals surface area contributed by atoms with Gasteiger partial charge in [-0.2, -0.15) is 0 Å². The van der Waals surface area contributed by atoms with Crippen molar-refractivity contribution in [2.75, 3.05) is 26.2 Å². The quantitative estimate of drug-likeness (QED) is 0.466. The number of non-ortho nitro benzene ring substituents is 1. The molecule has 1 unspecified atom stereocenters. The number of rotatable bonds is 6. The number of nitrogens with one attached hydrogen (secondary N) is 2. The molecule has 1 aromatic rings. The molecule has 1 saturated heterocycles. The van der Waals surface area contributed by atoms with Crippen molar-refractivity contribution in [3.8, 4) is 0 Å². The number of hydrogen-bond donors (Lipinski definition) is 2. The van der Waals surface area contributed by atoms with Crippen LogP contribution in [0.5, 0.6) is 0 Å². The average Bonchev–Trinajstić information content (AvgIpc) is 2.45. The number of nitro groups is 1. The molecule has 5 heteroatoms. The molecule has 0 saturated carbocycles. The van der Waals surface area contributed by atoms with Gasteiger partial charge >= 0.3 is 0 Å². The molecule has 5 nitrogen and oxygen atoms in total. The fraction of sp³-hybridized carbons (Fsp3) is 0.571. The molecule has 104 valence electrons. The molecule has 1 aliphatic rings. The average molecular weight is 263 g/mol. The molecule has 1 aromatic carbocycles. The van der Waals surface area contributed by atoms with Gasteiger partial charge in [-0.05, 0) is 56.9 Å². The summed E-state index contributed by atoms with van der Waals surface area (Å²) in [4.78, 5) is 10.2. The zero-order valence-corrected chi connectivity index (χ0v) is 11.1. The Bertz CT molecular complexity index is 400. The Hall–Kier alpha value is -1.46. The van der Waals surface area contributed by atoms with E-state index in [-0.39, 0.29) is 10.6 Å². The predicted molar refractivity (Wildman–Crippen MR) is 75.3 cm³/mol. The molecule has 0 radical (unpaired) electrons. The van der Waals surface area contributed by atoms with E-state index in [0.29, 0.717) is 0 Å². The summed E-state index contributed by atoms with van der Waals surface area (Å²) in [5, 5.41) is 17.4. The van der Waals surface area contributed by atoms with E-state index in [4.69, 9.17) is 0 Å². The van der Waals surface area contributed by atoms with Gasteiger partial charge in [-0.15, -0.1) is 0 Å². The van der Waals surface area contributed by atoms with Crippen molar-refractivity contribution in [3.05, 3.63) is 39.9 Å². The first-order valence-electron chi connectivity index (χ1n) is 6.90. The lowest BCUT2D eigenvalue weighted by atomic mass is 10.00. The maximum Gasteiger partial charge on any atom is 0.269 e. The molecule has 0 spiro atoms. The van der Waals surface area contributed by atoms with E-state index in [1.807, 2.05) is 12.1 Å². The molecule has 0 aromatic heterocycles. The SMILES string of the molecule is O=[N+]([O-])c1ccc(CCNCC2CCCNC2)cc1. The van der Waals surface area contributed by atoms with Crippen molar-refractivity contribution in [1.82, 2.24) is 10.6 Å². The van der Waals surface area contributed by atoms with Crippen molar-refractivity contribution in [1.29, 1.82) is 0 Å². The van der Waals surface area contributed by atoms with Crippen LogP contribution in [0, 0.1) is 16.0 Å². The van der Waals surface area contributed by atoms with Crippen LogP contribution in [0.25, 0.3) is 0 Å². The topological polar surface area (TPSA) is 67.2 Å². The minimum atomic E-state index is -0.363. The van der Waals surface area contributed by atoms with E-state index in [2.05, 4.69) is 10.6 Å². The summed E-state index contributed by atoms with van der Waals surface area (Å²) in [7, 11) is 0. The highest BCUT2D eigenvalue weighted by Gasteiger charge is 2.11. The van der Waals surface area contributed by atoms with Crippen molar-refractivity contribution in [3.63, 3.8) is 0 Å². The van der Waals surface area contributed by atoms with Gasteiger partial charge in [0, 0.05) is 12.1 Å². The van der Waals surface area contributed by atoms with Crippen LogP contribution in [0.1, 0.15) is 18.4 Å². The molecule has 0 amide bonds. The zero-order chi connectivity index (χ0) is 13.5. The second kappa shape index (κ2) is 7.21. The smallest absolute Gasteiger partial charge is 0.269 e. The molecule has 2 N–H and O–H groups in total. The van der Waals surface area contributed by atoms with Gasteiger partial charge in [-0.1, -0.05) is 12.1 Å². The van der Waals surface area contributed by atoms with Gasteiger partial charge in [0.05, 0.1) is 4.92 Å². The Labute approximate surface area is 113 Å². The van der Waals surface area contributed by atoms with E-state index in [1.54, 1.807) is 12.1 Å². The zero-order valence-electron chi connectivity index (χ0n) is 11.1. The lowest BCUT2D eigenvalue weighted by Crippen LogP contribution is -2.36. The minimum Gasteiger partial charge on any atom is -0.316 e. The van der Waals surface area contributed by atoms with Crippen molar-refractivity contribution in [2.45, 2.75) is 19.3 Å². The maximum absolute atomic E-state index is 10.5.